The molecule has 0 fully saturated rings. The zero-order valence-electron chi connectivity index (χ0n) is 11.0. The van der Waals surface area contributed by atoms with Crippen LogP contribution in [0.1, 0.15) is 0 Å². The lowest BCUT2D eigenvalue weighted by atomic mass is 10.3. The molecule has 5 nitrogen and oxygen atoms in total. The Morgan fingerprint density at radius 1 is 1.29 bits per heavy atom. The topological polar surface area (TPSA) is 67.9 Å². The van der Waals surface area contributed by atoms with Crippen LogP contribution in [0.5, 0.6) is 11.5 Å². The Labute approximate surface area is 123 Å². The second-order valence-electron chi connectivity index (χ2n) is 4.18. The molecule has 0 bridgehead atoms. The van der Waals surface area contributed by atoms with Gasteiger partial charge < -0.3 is 9.72 Å². The van der Waals surface area contributed by atoms with Gasteiger partial charge >= 0.3 is 0 Å². The summed E-state index contributed by atoms with van der Waals surface area (Å²) in [6.45, 7) is 0. The van der Waals surface area contributed by atoms with Gasteiger partial charge in [-0.3, -0.25) is 4.79 Å². The molecule has 0 unspecified atom stereocenters. The molecule has 21 heavy (non-hydrogen) atoms. The predicted molar refractivity (Wildman–Crippen MR) is 78.4 cm³/mol. The summed E-state index contributed by atoms with van der Waals surface area (Å²) < 4.78 is 18.3. The number of H-pyrrole nitrogens is 1. The van der Waals surface area contributed by atoms with Crippen molar-refractivity contribution in [1.29, 1.82) is 0 Å². The van der Waals surface area contributed by atoms with E-state index in [-0.39, 0.29) is 11.6 Å². The fourth-order valence-electron chi connectivity index (χ4n) is 1.76. The molecule has 0 spiro atoms. The monoisotopic (exact) mass is 303 g/mol. The molecule has 0 saturated heterocycles. The first kappa shape index (κ1) is 13.6. The molecule has 106 valence electrons. The zero-order chi connectivity index (χ0) is 14.8. The maximum Gasteiger partial charge on any atom is 0.292 e. The first-order valence-corrected chi connectivity index (χ1v) is 7.25. The van der Waals surface area contributed by atoms with Crippen LogP contribution in [0.2, 0.25) is 0 Å². The van der Waals surface area contributed by atoms with Crippen molar-refractivity contribution in [2.75, 3.05) is 6.26 Å². The molecule has 7 heteroatoms. The Kier molecular flexibility index (Phi) is 3.57. The van der Waals surface area contributed by atoms with E-state index in [0.29, 0.717) is 21.9 Å². The normalized spacial score (nSPS) is 10.8. The Hall–Kier alpha value is -2.41. The summed E-state index contributed by atoms with van der Waals surface area (Å²) >= 11 is 1.39. The van der Waals surface area contributed by atoms with Crippen LogP contribution >= 0.6 is 11.8 Å². The predicted octanol–water partition coefficient (Wildman–Crippen LogP) is 2.97. The maximum absolute atomic E-state index is 12.8. The number of ether oxygens (including phenoxy) is 1. The van der Waals surface area contributed by atoms with Crippen molar-refractivity contribution in [3.63, 3.8) is 0 Å². The highest BCUT2D eigenvalue weighted by Crippen LogP contribution is 2.21. The molecule has 0 saturated carbocycles. The highest BCUT2D eigenvalue weighted by atomic mass is 32.2. The van der Waals surface area contributed by atoms with Crippen molar-refractivity contribution in [3.8, 4) is 11.5 Å². The Bertz CT molecular complexity index is 849. The molecule has 0 amide bonds. The number of nitrogens with one attached hydrogen (secondary N) is 1. The van der Waals surface area contributed by atoms with Crippen molar-refractivity contribution in [3.05, 3.63) is 52.7 Å². The number of hydrogen-bond donors (Lipinski definition) is 1. The van der Waals surface area contributed by atoms with Gasteiger partial charge in [-0.15, -0.1) is 0 Å². The average Bonchev–Trinajstić information content (AvgIpc) is 2.50. The van der Waals surface area contributed by atoms with Gasteiger partial charge in [0.2, 0.25) is 0 Å². The van der Waals surface area contributed by atoms with Crippen LogP contribution in [0.4, 0.5) is 4.39 Å². The summed E-state index contributed by atoms with van der Waals surface area (Å²) in [6, 6.07) is 6.98. The molecule has 0 aliphatic rings. The molecule has 3 rings (SSSR count). The fraction of sp³-hybridized carbons (Fsp3) is 0.0714. The van der Waals surface area contributed by atoms with Crippen LogP contribution in [0.25, 0.3) is 11.0 Å². The van der Waals surface area contributed by atoms with Gasteiger partial charge in [0.05, 0.1) is 0 Å². The van der Waals surface area contributed by atoms with Crippen LogP contribution in [0, 0.1) is 5.82 Å². The molecular weight excluding hydrogens is 293 g/mol. The summed E-state index contributed by atoms with van der Waals surface area (Å²) in [5, 5.41) is 1.23. The first-order valence-electron chi connectivity index (χ1n) is 6.03. The minimum Gasteiger partial charge on any atom is -0.452 e. The van der Waals surface area contributed by atoms with Gasteiger partial charge in [0.25, 0.3) is 5.56 Å². The Morgan fingerprint density at radius 2 is 2.05 bits per heavy atom. The quantitative estimate of drug-likeness (QED) is 0.595. The molecule has 2 heterocycles. The molecule has 0 atom stereocenters. The summed E-state index contributed by atoms with van der Waals surface area (Å²) in [6.07, 6.45) is 3.47. The second kappa shape index (κ2) is 5.53. The second-order valence-corrected chi connectivity index (χ2v) is 4.95. The van der Waals surface area contributed by atoms with E-state index in [9.17, 15) is 9.18 Å². The average molecular weight is 303 g/mol. The van der Waals surface area contributed by atoms with Gasteiger partial charge in [0.1, 0.15) is 17.2 Å². The Morgan fingerprint density at radius 3 is 2.76 bits per heavy atom. The molecule has 0 radical (unpaired) electrons. The van der Waals surface area contributed by atoms with Gasteiger partial charge in [-0.2, -0.15) is 0 Å². The van der Waals surface area contributed by atoms with Gasteiger partial charge in [-0.05, 0) is 36.6 Å². The minimum atomic E-state index is -0.405. The lowest BCUT2D eigenvalue weighted by molar-refractivity contribution is 0.474. The maximum atomic E-state index is 12.8. The first-order chi connectivity index (χ1) is 10.2. The molecule has 1 N–H and O–H groups in total. The van der Waals surface area contributed by atoms with E-state index in [1.807, 2.05) is 6.26 Å². The zero-order valence-corrected chi connectivity index (χ0v) is 11.8. The van der Waals surface area contributed by atoms with E-state index in [1.165, 1.54) is 36.0 Å². The van der Waals surface area contributed by atoms with Gasteiger partial charge in [0, 0.05) is 11.6 Å². The van der Waals surface area contributed by atoms with Crippen LogP contribution in [0.3, 0.4) is 0 Å². The summed E-state index contributed by atoms with van der Waals surface area (Å²) in [5.41, 5.74) is 0.0448. The number of aromatic amines is 1. The molecular formula is C14H10FN3O2S. The molecule has 0 aliphatic heterocycles. The van der Waals surface area contributed by atoms with Crippen LogP contribution < -0.4 is 10.3 Å². The third-order valence-corrected chi connectivity index (χ3v) is 3.32. The van der Waals surface area contributed by atoms with Crippen LogP contribution in [0.15, 0.2) is 46.5 Å². The summed E-state index contributed by atoms with van der Waals surface area (Å²) in [5.74, 6) is 0.116. The highest BCUT2D eigenvalue weighted by Gasteiger charge is 2.07. The standard InChI is InChI=1S/C14H10FN3O2S/c1-21-14-16-7-8-6-11(13(19)17-12(8)18-14)20-10-4-2-9(15)3-5-10/h2-7H,1H3,(H,16,17,18,19). The minimum absolute atomic E-state index is 0.106. The number of hydrogen-bond acceptors (Lipinski definition) is 5. The number of rotatable bonds is 3. The van der Waals surface area contributed by atoms with E-state index in [0.717, 1.165) is 0 Å². The number of pyridine rings is 1. The van der Waals surface area contributed by atoms with Crippen molar-refractivity contribution in [2.45, 2.75) is 5.16 Å². The number of benzene rings is 1. The molecule has 3 aromatic rings. The van der Waals surface area contributed by atoms with Crippen molar-refractivity contribution >= 4 is 22.8 Å². The molecule has 2 aromatic heterocycles. The third kappa shape index (κ3) is 2.87. The summed E-state index contributed by atoms with van der Waals surface area (Å²) in [4.78, 5) is 23.0. The van der Waals surface area contributed by atoms with Crippen molar-refractivity contribution < 1.29 is 9.13 Å². The van der Waals surface area contributed by atoms with Crippen LogP contribution in [-0.2, 0) is 0 Å². The fourth-order valence-corrected chi connectivity index (χ4v) is 2.10. The van der Waals surface area contributed by atoms with Gasteiger partial charge in [0.15, 0.2) is 10.9 Å². The SMILES string of the molecule is CSc1ncc2cc(Oc3ccc(F)cc3)c(=O)[nH]c2n1. The lowest BCUT2D eigenvalue weighted by Gasteiger charge is -2.06. The van der Waals surface area contributed by atoms with Crippen molar-refractivity contribution in [1.82, 2.24) is 15.0 Å². The van der Waals surface area contributed by atoms with E-state index < -0.39 is 5.56 Å². The summed E-state index contributed by atoms with van der Waals surface area (Å²) in [7, 11) is 0. The number of thioether (sulfide) groups is 1. The van der Waals surface area contributed by atoms with Crippen molar-refractivity contribution in [2.24, 2.45) is 0 Å². The molecule has 1 aromatic carbocycles. The van der Waals surface area contributed by atoms with E-state index >= 15 is 0 Å². The Balaban J connectivity index is 2.01. The smallest absolute Gasteiger partial charge is 0.292 e. The number of fused-ring (bicyclic) bond motifs is 1. The number of nitrogens with zero attached hydrogens (tertiary/aromatic N) is 2. The van der Waals surface area contributed by atoms with E-state index in [4.69, 9.17) is 4.74 Å². The van der Waals surface area contributed by atoms with E-state index in [1.54, 1.807) is 12.3 Å². The van der Waals surface area contributed by atoms with Gasteiger partial charge in [-0.25, -0.2) is 14.4 Å². The largest absolute Gasteiger partial charge is 0.452 e. The number of halogens is 1. The lowest BCUT2D eigenvalue weighted by Crippen LogP contribution is -2.09. The highest BCUT2D eigenvalue weighted by molar-refractivity contribution is 7.98. The number of aromatic nitrogens is 3. The molecule has 0 aliphatic carbocycles. The third-order valence-electron chi connectivity index (χ3n) is 2.76. The van der Waals surface area contributed by atoms with E-state index in [2.05, 4.69) is 15.0 Å². The van der Waals surface area contributed by atoms with Crippen LogP contribution in [-0.4, -0.2) is 21.2 Å². The van der Waals surface area contributed by atoms with Gasteiger partial charge in [-0.1, -0.05) is 11.8 Å².